The molecule has 1 rings (SSSR count). The van der Waals surface area contributed by atoms with E-state index in [4.69, 9.17) is 49.8 Å². The van der Waals surface area contributed by atoms with E-state index in [0.29, 0.717) is 10.0 Å². The van der Waals surface area contributed by atoms with E-state index in [2.05, 4.69) is 0 Å². The highest BCUT2D eigenvalue weighted by Crippen LogP contribution is 2.37. The predicted molar refractivity (Wildman–Crippen MR) is 60.1 cm³/mol. The molecule has 0 unspecified atom stereocenters. The Morgan fingerprint density at radius 1 is 1.20 bits per heavy atom. The van der Waals surface area contributed by atoms with Crippen LogP contribution in [0.1, 0.15) is 0 Å². The lowest BCUT2D eigenvalue weighted by Crippen LogP contribution is -2.21. The number of hydrogen-bond acceptors (Lipinski definition) is 3. The first kappa shape index (κ1) is 12.9. The predicted octanol–water partition coefficient (Wildman–Crippen LogP) is 2.38. The standard InChI is InChI=1S/C9H9Cl3O3/c10-6-1-2-7(11)9(8(6)12)15-4-5(14)3-13/h1-2,5,13-14H,3-4H2/t5-/m1/s1. The molecule has 84 valence electrons. The van der Waals surface area contributed by atoms with Crippen LogP contribution < -0.4 is 4.74 Å². The van der Waals surface area contributed by atoms with Gasteiger partial charge in [0.05, 0.1) is 16.7 Å². The molecule has 0 amide bonds. The molecule has 1 aromatic rings. The van der Waals surface area contributed by atoms with Crippen molar-refractivity contribution in [3.8, 4) is 5.75 Å². The molecule has 0 aliphatic heterocycles. The van der Waals surface area contributed by atoms with Gasteiger partial charge in [0.25, 0.3) is 0 Å². The average Bonchev–Trinajstić information content (AvgIpc) is 2.23. The SMILES string of the molecule is OC[C@@H](O)COc1c(Cl)ccc(Cl)c1Cl. The van der Waals surface area contributed by atoms with Gasteiger partial charge in [-0.3, -0.25) is 0 Å². The summed E-state index contributed by atoms with van der Waals surface area (Å²) in [4.78, 5) is 0. The van der Waals surface area contributed by atoms with Crippen molar-refractivity contribution in [3.63, 3.8) is 0 Å². The Bertz CT molecular complexity index is 344. The van der Waals surface area contributed by atoms with Crippen molar-refractivity contribution >= 4 is 34.8 Å². The van der Waals surface area contributed by atoms with Crippen LogP contribution in [0.4, 0.5) is 0 Å². The summed E-state index contributed by atoms with van der Waals surface area (Å²) in [5.41, 5.74) is 0. The number of rotatable bonds is 4. The highest BCUT2D eigenvalue weighted by atomic mass is 35.5. The van der Waals surface area contributed by atoms with E-state index in [9.17, 15) is 0 Å². The number of aliphatic hydroxyl groups excluding tert-OH is 2. The maximum absolute atomic E-state index is 9.08. The summed E-state index contributed by atoms with van der Waals surface area (Å²) < 4.78 is 5.14. The van der Waals surface area contributed by atoms with Crippen LogP contribution >= 0.6 is 34.8 Å². The Hall–Kier alpha value is -0.190. The highest BCUT2D eigenvalue weighted by molar-refractivity contribution is 6.44. The van der Waals surface area contributed by atoms with Crippen LogP contribution in [-0.2, 0) is 0 Å². The monoisotopic (exact) mass is 270 g/mol. The summed E-state index contributed by atoms with van der Waals surface area (Å²) in [6.07, 6.45) is -0.976. The zero-order valence-electron chi connectivity index (χ0n) is 7.58. The fourth-order valence-corrected chi connectivity index (χ4v) is 1.50. The minimum Gasteiger partial charge on any atom is -0.488 e. The van der Waals surface area contributed by atoms with Gasteiger partial charge in [0.1, 0.15) is 17.7 Å². The third kappa shape index (κ3) is 3.40. The number of halogens is 3. The minimum absolute atomic E-state index is 0.101. The van der Waals surface area contributed by atoms with E-state index in [0.717, 1.165) is 0 Å². The van der Waals surface area contributed by atoms with Gasteiger partial charge in [-0.15, -0.1) is 0 Å². The van der Waals surface area contributed by atoms with Crippen molar-refractivity contribution in [2.24, 2.45) is 0 Å². The molecule has 0 saturated carbocycles. The van der Waals surface area contributed by atoms with E-state index in [1.165, 1.54) is 6.07 Å². The summed E-state index contributed by atoms with van der Waals surface area (Å²) in [5.74, 6) is 0.207. The quantitative estimate of drug-likeness (QED) is 0.827. The van der Waals surface area contributed by atoms with Crippen LogP contribution in [0.3, 0.4) is 0 Å². The summed E-state index contributed by atoms with van der Waals surface area (Å²) in [6, 6.07) is 3.08. The van der Waals surface area contributed by atoms with Gasteiger partial charge in [-0.05, 0) is 12.1 Å². The van der Waals surface area contributed by atoms with Crippen LogP contribution in [0.2, 0.25) is 15.1 Å². The van der Waals surface area contributed by atoms with Gasteiger partial charge in [-0.25, -0.2) is 0 Å². The maximum Gasteiger partial charge on any atom is 0.158 e. The van der Waals surface area contributed by atoms with E-state index >= 15 is 0 Å². The fraction of sp³-hybridized carbons (Fsp3) is 0.333. The third-order valence-electron chi connectivity index (χ3n) is 1.63. The van der Waals surface area contributed by atoms with Crippen LogP contribution in [0.5, 0.6) is 5.75 Å². The Kier molecular flexibility index (Phi) is 4.96. The second-order valence-electron chi connectivity index (χ2n) is 2.82. The Morgan fingerprint density at radius 2 is 1.80 bits per heavy atom. The lowest BCUT2D eigenvalue weighted by Gasteiger charge is -2.12. The second kappa shape index (κ2) is 5.77. The fourth-order valence-electron chi connectivity index (χ4n) is 0.873. The molecule has 0 heterocycles. The Balaban J connectivity index is 2.80. The van der Waals surface area contributed by atoms with Gasteiger partial charge in [0, 0.05) is 0 Å². The average molecular weight is 272 g/mol. The van der Waals surface area contributed by atoms with E-state index < -0.39 is 12.7 Å². The molecular formula is C9H9Cl3O3. The van der Waals surface area contributed by atoms with Gasteiger partial charge in [0.15, 0.2) is 5.75 Å². The second-order valence-corrected chi connectivity index (χ2v) is 4.01. The molecule has 1 atom stereocenters. The number of aliphatic hydroxyl groups is 2. The van der Waals surface area contributed by atoms with Crippen LogP contribution in [0, 0.1) is 0 Å². The topological polar surface area (TPSA) is 49.7 Å². The molecule has 15 heavy (non-hydrogen) atoms. The first-order chi connectivity index (χ1) is 7.06. The molecule has 0 aliphatic carbocycles. The van der Waals surface area contributed by atoms with Crippen LogP contribution in [0.25, 0.3) is 0 Å². The highest BCUT2D eigenvalue weighted by Gasteiger charge is 2.12. The first-order valence-corrected chi connectivity index (χ1v) is 5.25. The number of benzene rings is 1. The molecule has 3 nitrogen and oxygen atoms in total. The maximum atomic E-state index is 9.08. The smallest absolute Gasteiger partial charge is 0.158 e. The van der Waals surface area contributed by atoms with Crippen molar-refractivity contribution in [3.05, 3.63) is 27.2 Å². The molecular weight excluding hydrogens is 262 g/mol. The van der Waals surface area contributed by atoms with Crippen molar-refractivity contribution in [1.29, 1.82) is 0 Å². The minimum atomic E-state index is -0.976. The normalized spacial score (nSPS) is 12.6. The molecule has 0 aliphatic rings. The molecule has 0 aromatic heterocycles. The van der Waals surface area contributed by atoms with Crippen molar-refractivity contribution in [1.82, 2.24) is 0 Å². The number of hydrogen-bond donors (Lipinski definition) is 2. The lowest BCUT2D eigenvalue weighted by molar-refractivity contribution is 0.0537. The van der Waals surface area contributed by atoms with Crippen molar-refractivity contribution in [2.75, 3.05) is 13.2 Å². The first-order valence-electron chi connectivity index (χ1n) is 4.11. The van der Waals surface area contributed by atoms with Gasteiger partial charge < -0.3 is 14.9 Å². The summed E-state index contributed by atoms with van der Waals surface area (Å²) in [5, 5.41) is 18.5. The van der Waals surface area contributed by atoms with Crippen molar-refractivity contribution in [2.45, 2.75) is 6.10 Å². The summed E-state index contributed by atoms with van der Waals surface area (Å²) in [6.45, 7) is -0.494. The van der Waals surface area contributed by atoms with Crippen molar-refractivity contribution < 1.29 is 14.9 Å². The molecule has 0 radical (unpaired) electrons. The third-order valence-corrected chi connectivity index (χ3v) is 2.72. The molecule has 0 fully saturated rings. The zero-order valence-corrected chi connectivity index (χ0v) is 9.85. The lowest BCUT2D eigenvalue weighted by atomic mass is 10.3. The largest absolute Gasteiger partial charge is 0.488 e. The van der Waals surface area contributed by atoms with Gasteiger partial charge in [-0.2, -0.15) is 0 Å². The molecule has 2 N–H and O–H groups in total. The zero-order chi connectivity index (χ0) is 11.4. The molecule has 6 heteroatoms. The molecule has 0 bridgehead atoms. The summed E-state index contributed by atoms with van der Waals surface area (Å²) >= 11 is 17.4. The molecule has 0 spiro atoms. The van der Waals surface area contributed by atoms with E-state index in [-0.39, 0.29) is 17.4 Å². The van der Waals surface area contributed by atoms with Gasteiger partial charge >= 0.3 is 0 Å². The Morgan fingerprint density at radius 3 is 2.40 bits per heavy atom. The van der Waals surface area contributed by atoms with E-state index in [1.54, 1.807) is 6.07 Å². The van der Waals surface area contributed by atoms with Crippen LogP contribution in [0.15, 0.2) is 12.1 Å². The molecule has 0 saturated heterocycles. The summed E-state index contributed by atoms with van der Waals surface area (Å²) in [7, 11) is 0. The molecule has 1 aromatic carbocycles. The van der Waals surface area contributed by atoms with Crippen LogP contribution in [-0.4, -0.2) is 29.5 Å². The van der Waals surface area contributed by atoms with Gasteiger partial charge in [0.2, 0.25) is 0 Å². The van der Waals surface area contributed by atoms with E-state index in [1.807, 2.05) is 0 Å². The van der Waals surface area contributed by atoms with Gasteiger partial charge in [-0.1, -0.05) is 34.8 Å². The number of ether oxygens (including phenoxy) is 1. The Labute approximate surface area is 102 Å².